The average Bonchev–Trinajstić information content (AvgIpc) is 2.70. The van der Waals surface area contributed by atoms with Crippen molar-refractivity contribution in [1.82, 2.24) is 4.98 Å². The van der Waals surface area contributed by atoms with E-state index in [2.05, 4.69) is 4.98 Å². The lowest BCUT2D eigenvalue weighted by Gasteiger charge is -2.03. The average molecular weight is 189 g/mol. The molecular formula is C11H11NO2. The third-order valence-corrected chi connectivity index (χ3v) is 1.89. The lowest BCUT2D eigenvalue weighted by atomic mass is 10.2. The summed E-state index contributed by atoms with van der Waals surface area (Å²) in [7, 11) is 0. The van der Waals surface area contributed by atoms with E-state index in [0.29, 0.717) is 6.61 Å². The van der Waals surface area contributed by atoms with E-state index in [4.69, 9.17) is 9.15 Å². The summed E-state index contributed by atoms with van der Waals surface area (Å²) in [4.78, 5) is 3.96. The van der Waals surface area contributed by atoms with Gasteiger partial charge in [-0.3, -0.25) is 0 Å². The highest BCUT2D eigenvalue weighted by molar-refractivity contribution is 5.26. The van der Waals surface area contributed by atoms with Crippen molar-refractivity contribution < 1.29 is 9.15 Å². The van der Waals surface area contributed by atoms with E-state index in [1.807, 2.05) is 31.2 Å². The molecule has 72 valence electrons. The smallest absolute Gasteiger partial charge is 0.180 e. The quantitative estimate of drug-likeness (QED) is 0.744. The Hall–Kier alpha value is -1.77. The van der Waals surface area contributed by atoms with Gasteiger partial charge in [0.2, 0.25) is 0 Å². The lowest BCUT2D eigenvalue weighted by molar-refractivity contribution is 0.301. The molecule has 0 radical (unpaired) electrons. The van der Waals surface area contributed by atoms with Crippen LogP contribution in [0.4, 0.5) is 0 Å². The number of rotatable bonds is 3. The second-order valence-electron chi connectivity index (χ2n) is 3.08. The monoisotopic (exact) mass is 189 g/mol. The van der Waals surface area contributed by atoms with Gasteiger partial charge in [0, 0.05) is 0 Å². The Bertz CT molecular complexity index is 378. The van der Waals surface area contributed by atoms with Gasteiger partial charge in [-0.15, -0.1) is 0 Å². The Labute approximate surface area is 82.3 Å². The second-order valence-corrected chi connectivity index (χ2v) is 3.08. The van der Waals surface area contributed by atoms with E-state index in [9.17, 15) is 0 Å². The first-order valence-corrected chi connectivity index (χ1v) is 4.41. The van der Waals surface area contributed by atoms with E-state index in [1.54, 1.807) is 6.26 Å². The van der Waals surface area contributed by atoms with E-state index >= 15 is 0 Å². The van der Waals surface area contributed by atoms with Gasteiger partial charge in [0.15, 0.2) is 6.39 Å². The van der Waals surface area contributed by atoms with Crippen LogP contribution in [0.5, 0.6) is 5.75 Å². The summed E-state index contributed by atoms with van der Waals surface area (Å²) < 4.78 is 10.3. The highest BCUT2D eigenvalue weighted by Gasteiger charge is 1.97. The molecule has 0 amide bonds. The summed E-state index contributed by atoms with van der Waals surface area (Å²) >= 11 is 0. The molecule has 0 aliphatic carbocycles. The molecule has 0 aliphatic heterocycles. The number of benzene rings is 1. The Balaban J connectivity index is 1.95. The molecule has 3 heteroatoms. The van der Waals surface area contributed by atoms with Gasteiger partial charge in [0.1, 0.15) is 24.3 Å². The summed E-state index contributed by atoms with van der Waals surface area (Å²) in [5.74, 6) is 0.846. The summed E-state index contributed by atoms with van der Waals surface area (Å²) in [5, 5.41) is 0. The molecule has 0 atom stereocenters. The Morgan fingerprint density at radius 3 is 2.71 bits per heavy atom. The number of oxazole rings is 1. The molecular weight excluding hydrogens is 178 g/mol. The molecule has 0 bridgehead atoms. The largest absolute Gasteiger partial charge is 0.487 e. The molecule has 2 aromatic rings. The third kappa shape index (κ3) is 2.13. The Morgan fingerprint density at radius 1 is 1.29 bits per heavy atom. The van der Waals surface area contributed by atoms with Crippen LogP contribution < -0.4 is 4.74 Å². The molecule has 14 heavy (non-hydrogen) atoms. The van der Waals surface area contributed by atoms with Crippen molar-refractivity contribution in [3.63, 3.8) is 0 Å². The zero-order valence-corrected chi connectivity index (χ0v) is 7.93. The van der Waals surface area contributed by atoms with Crippen LogP contribution >= 0.6 is 0 Å². The highest BCUT2D eigenvalue weighted by Crippen LogP contribution is 2.12. The van der Waals surface area contributed by atoms with Crippen molar-refractivity contribution >= 4 is 0 Å². The lowest BCUT2D eigenvalue weighted by Crippen LogP contribution is -1.94. The normalized spacial score (nSPS) is 10.1. The molecule has 0 saturated carbocycles. The fourth-order valence-corrected chi connectivity index (χ4v) is 1.10. The van der Waals surface area contributed by atoms with Gasteiger partial charge < -0.3 is 9.15 Å². The number of nitrogens with zero attached hydrogens (tertiary/aromatic N) is 1. The first kappa shape index (κ1) is 8.81. The first-order valence-electron chi connectivity index (χ1n) is 4.41. The fourth-order valence-electron chi connectivity index (χ4n) is 1.10. The van der Waals surface area contributed by atoms with Crippen molar-refractivity contribution in [2.24, 2.45) is 0 Å². The Morgan fingerprint density at radius 2 is 2.07 bits per heavy atom. The molecule has 0 spiro atoms. The van der Waals surface area contributed by atoms with Gasteiger partial charge in [-0.25, -0.2) is 4.98 Å². The number of hydrogen-bond donors (Lipinski definition) is 0. The van der Waals surface area contributed by atoms with Crippen molar-refractivity contribution in [3.8, 4) is 5.75 Å². The molecule has 0 fully saturated rings. The number of aromatic nitrogens is 1. The predicted octanol–water partition coefficient (Wildman–Crippen LogP) is 2.56. The van der Waals surface area contributed by atoms with Crippen LogP contribution in [0.25, 0.3) is 0 Å². The summed E-state index contributed by atoms with van der Waals surface area (Å²) in [6.45, 7) is 2.49. The fraction of sp³-hybridized carbons (Fsp3) is 0.182. The molecule has 0 saturated heterocycles. The van der Waals surface area contributed by atoms with E-state index in [-0.39, 0.29) is 0 Å². The minimum atomic E-state index is 0.444. The molecule has 0 N–H and O–H groups in total. The van der Waals surface area contributed by atoms with Gasteiger partial charge >= 0.3 is 0 Å². The zero-order valence-electron chi connectivity index (χ0n) is 7.93. The molecule has 2 rings (SSSR count). The Kier molecular flexibility index (Phi) is 2.49. The van der Waals surface area contributed by atoms with Crippen molar-refractivity contribution in [3.05, 3.63) is 48.2 Å². The maximum Gasteiger partial charge on any atom is 0.180 e. The molecule has 1 heterocycles. The number of aryl methyl sites for hydroxylation is 1. The first-order chi connectivity index (χ1) is 6.84. The van der Waals surface area contributed by atoms with Crippen LogP contribution in [-0.4, -0.2) is 4.98 Å². The van der Waals surface area contributed by atoms with Crippen LogP contribution in [0.2, 0.25) is 0 Å². The van der Waals surface area contributed by atoms with Crippen molar-refractivity contribution in [1.29, 1.82) is 0 Å². The van der Waals surface area contributed by atoms with E-state index in [0.717, 1.165) is 11.4 Å². The van der Waals surface area contributed by atoms with Crippen LogP contribution in [0.15, 0.2) is 41.3 Å². The van der Waals surface area contributed by atoms with Crippen molar-refractivity contribution in [2.75, 3.05) is 0 Å². The highest BCUT2D eigenvalue weighted by atomic mass is 16.5. The molecule has 0 unspecified atom stereocenters. The van der Waals surface area contributed by atoms with Gasteiger partial charge in [-0.2, -0.15) is 0 Å². The maximum atomic E-state index is 5.48. The molecule has 1 aromatic carbocycles. The standard InChI is InChI=1S/C11H11NO2/c1-9-2-4-11(5-3-9)14-7-10-6-13-8-12-10/h2-6,8H,7H2,1H3. The minimum absolute atomic E-state index is 0.444. The minimum Gasteiger partial charge on any atom is -0.487 e. The maximum absolute atomic E-state index is 5.48. The third-order valence-electron chi connectivity index (χ3n) is 1.89. The van der Waals surface area contributed by atoms with Gasteiger partial charge in [-0.05, 0) is 19.1 Å². The summed E-state index contributed by atoms with van der Waals surface area (Å²) in [6.07, 6.45) is 2.97. The molecule has 3 nitrogen and oxygen atoms in total. The van der Waals surface area contributed by atoms with Crippen molar-refractivity contribution in [2.45, 2.75) is 13.5 Å². The topological polar surface area (TPSA) is 35.3 Å². The second kappa shape index (κ2) is 3.96. The SMILES string of the molecule is Cc1ccc(OCc2cocn2)cc1. The van der Waals surface area contributed by atoms with Crippen LogP contribution in [-0.2, 0) is 6.61 Å². The predicted molar refractivity (Wildman–Crippen MR) is 52.0 cm³/mol. The summed E-state index contributed by atoms with van der Waals surface area (Å²) in [6, 6.07) is 7.90. The van der Waals surface area contributed by atoms with Crippen LogP contribution in [0.1, 0.15) is 11.3 Å². The molecule has 0 aliphatic rings. The van der Waals surface area contributed by atoms with E-state index < -0.39 is 0 Å². The number of hydrogen-bond acceptors (Lipinski definition) is 3. The zero-order chi connectivity index (χ0) is 9.80. The van der Waals surface area contributed by atoms with Gasteiger partial charge in [0.05, 0.1) is 0 Å². The molecule has 1 aromatic heterocycles. The van der Waals surface area contributed by atoms with Gasteiger partial charge in [-0.1, -0.05) is 17.7 Å². The van der Waals surface area contributed by atoms with Crippen LogP contribution in [0, 0.1) is 6.92 Å². The summed E-state index contributed by atoms with van der Waals surface area (Å²) in [5.41, 5.74) is 2.02. The van der Waals surface area contributed by atoms with Gasteiger partial charge in [0.25, 0.3) is 0 Å². The van der Waals surface area contributed by atoms with E-state index in [1.165, 1.54) is 12.0 Å². The van der Waals surface area contributed by atoms with Crippen LogP contribution in [0.3, 0.4) is 0 Å². The number of ether oxygens (including phenoxy) is 1.